The molecular formula is C16H11NO4. The number of hydrogen-bond donors (Lipinski definition) is 0. The van der Waals surface area contributed by atoms with Gasteiger partial charge in [0, 0.05) is 6.92 Å². The zero-order valence-corrected chi connectivity index (χ0v) is 11.2. The Morgan fingerprint density at radius 3 is 1.90 bits per heavy atom. The second kappa shape index (κ2) is 4.86. The molecule has 2 aromatic rings. The van der Waals surface area contributed by atoms with Gasteiger partial charge in [-0.1, -0.05) is 12.1 Å². The minimum Gasteiger partial charge on any atom is -0.427 e. The normalized spacial score (nSPS) is 13.3. The predicted octanol–water partition coefficient (Wildman–Crippen LogP) is 2.41. The van der Waals surface area contributed by atoms with Crippen LogP contribution < -0.4 is 9.64 Å². The average Bonchev–Trinajstić information content (AvgIpc) is 2.72. The molecule has 3 rings (SSSR count). The molecule has 0 unspecified atom stereocenters. The van der Waals surface area contributed by atoms with E-state index in [4.69, 9.17) is 4.74 Å². The van der Waals surface area contributed by atoms with E-state index in [9.17, 15) is 14.4 Å². The number of ether oxygens (including phenoxy) is 1. The maximum atomic E-state index is 12.3. The Morgan fingerprint density at radius 2 is 1.43 bits per heavy atom. The van der Waals surface area contributed by atoms with Gasteiger partial charge in [0.2, 0.25) is 0 Å². The first-order chi connectivity index (χ1) is 10.1. The van der Waals surface area contributed by atoms with Crippen LogP contribution >= 0.6 is 0 Å². The average molecular weight is 281 g/mol. The summed E-state index contributed by atoms with van der Waals surface area (Å²) in [5, 5.41) is 0. The van der Waals surface area contributed by atoms with E-state index in [0.29, 0.717) is 22.6 Å². The van der Waals surface area contributed by atoms with Crippen molar-refractivity contribution in [3.05, 3.63) is 59.7 Å². The third kappa shape index (κ3) is 2.18. The lowest BCUT2D eigenvalue weighted by Crippen LogP contribution is -2.29. The number of fused-ring (bicyclic) bond motifs is 1. The van der Waals surface area contributed by atoms with Gasteiger partial charge in [-0.15, -0.1) is 0 Å². The number of anilines is 1. The molecule has 0 aromatic heterocycles. The number of carbonyl (C=O) groups is 3. The minimum absolute atomic E-state index is 0.351. The maximum absolute atomic E-state index is 12.3. The fourth-order valence-corrected chi connectivity index (χ4v) is 2.25. The molecular weight excluding hydrogens is 270 g/mol. The third-order valence-corrected chi connectivity index (χ3v) is 3.15. The minimum atomic E-state index is -0.427. The van der Waals surface area contributed by atoms with Crippen LogP contribution in [0.3, 0.4) is 0 Å². The summed E-state index contributed by atoms with van der Waals surface area (Å²) in [7, 11) is 0. The highest BCUT2D eigenvalue weighted by atomic mass is 16.5. The molecule has 0 spiro atoms. The van der Waals surface area contributed by atoms with Gasteiger partial charge in [0.1, 0.15) is 5.75 Å². The summed E-state index contributed by atoms with van der Waals surface area (Å²) < 4.78 is 4.92. The maximum Gasteiger partial charge on any atom is 0.308 e. The van der Waals surface area contributed by atoms with Crippen molar-refractivity contribution in [1.29, 1.82) is 0 Å². The van der Waals surface area contributed by atoms with E-state index in [1.807, 2.05) is 0 Å². The lowest BCUT2D eigenvalue weighted by Gasteiger charge is -2.14. The number of imide groups is 1. The third-order valence-electron chi connectivity index (χ3n) is 3.15. The summed E-state index contributed by atoms with van der Waals surface area (Å²) in [6.07, 6.45) is 0. The molecule has 2 aromatic carbocycles. The van der Waals surface area contributed by atoms with Gasteiger partial charge < -0.3 is 4.74 Å². The highest BCUT2D eigenvalue weighted by Gasteiger charge is 2.36. The molecule has 1 heterocycles. The summed E-state index contributed by atoms with van der Waals surface area (Å²) >= 11 is 0. The number of nitrogens with zero attached hydrogens (tertiary/aromatic N) is 1. The van der Waals surface area contributed by atoms with Gasteiger partial charge in [0.15, 0.2) is 0 Å². The van der Waals surface area contributed by atoms with E-state index >= 15 is 0 Å². The van der Waals surface area contributed by atoms with E-state index in [0.717, 1.165) is 4.90 Å². The quantitative estimate of drug-likeness (QED) is 0.482. The number of amides is 2. The molecule has 21 heavy (non-hydrogen) atoms. The number of benzene rings is 2. The van der Waals surface area contributed by atoms with Crippen molar-refractivity contribution in [3.8, 4) is 5.75 Å². The molecule has 104 valence electrons. The molecule has 2 amide bonds. The van der Waals surface area contributed by atoms with Crippen LogP contribution in [0.4, 0.5) is 5.69 Å². The van der Waals surface area contributed by atoms with Crippen LogP contribution in [0.25, 0.3) is 0 Å². The Kier molecular flexibility index (Phi) is 3.02. The molecule has 0 fully saturated rings. The van der Waals surface area contributed by atoms with Crippen molar-refractivity contribution in [2.45, 2.75) is 6.92 Å². The van der Waals surface area contributed by atoms with E-state index in [-0.39, 0.29) is 11.8 Å². The van der Waals surface area contributed by atoms with E-state index in [1.54, 1.807) is 48.5 Å². The Labute approximate surface area is 120 Å². The highest BCUT2D eigenvalue weighted by Crippen LogP contribution is 2.29. The second-order valence-corrected chi connectivity index (χ2v) is 4.58. The molecule has 0 bridgehead atoms. The predicted molar refractivity (Wildman–Crippen MR) is 75.3 cm³/mol. The van der Waals surface area contributed by atoms with E-state index < -0.39 is 5.97 Å². The fourth-order valence-electron chi connectivity index (χ4n) is 2.25. The first-order valence-electron chi connectivity index (χ1n) is 6.34. The SMILES string of the molecule is CC(=O)Oc1ccc(N2C(=O)c3ccccc3C2=O)cc1. The van der Waals surface area contributed by atoms with Crippen molar-refractivity contribution in [2.24, 2.45) is 0 Å². The molecule has 1 aliphatic rings. The molecule has 0 saturated carbocycles. The van der Waals surface area contributed by atoms with Gasteiger partial charge in [-0.05, 0) is 36.4 Å². The van der Waals surface area contributed by atoms with E-state index in [1.165, 1.54) is 6.92 Å². The second-order valence-electron chi connectivity index (χ2n) is 4.58. The first kappa shape index (κ1) is 13.1. The Balaban J connectivity index is 1.94. The summed E-state index contributed by atoms with van der Waals surface area (Å²) in [4.78, 5) is 36.6. The van der Waals surface area contributed by atoms with Gasteiger partial charge in [0.25, 0.3) is 11.8 Å². The van der Waals surface area contributed by atoms with Crippen LogP contribution in [0.1, 0.15) is 27.6 Å². The zero-order valence-electron chi connectivity index (χ0n) is 11.2. The summed E-state index contributed by atoms with van der Waals surface area (Å²) in [5.41, 5.74) is 1.23. The Bertz CT molecular complexity index is 714. The molecule has 1 aliphatic heterocycles. The molecule has 0 radical (unpaired) electrons. The number of carbonyl (C=O) groups excluding carboxylic acids is 3. The Morgan fingerprint density at radius 1 is 0.905 bits per heavy atom. The molecule has 5 nitrogen and oxygen atoms in total. The first-order valence-corrected chi connectivity index (χ1v) is 6.34. The molecule has 0 N–H and O–H groups in total. The van der Waals surface area contributed by atoms with Gasteiger partial charge >= 0.3 is 5.97 Å². The van der Waals surface area contributed by atoms with Crippen molar-refractivity contribution < 1.29 is 19.1 Å². The van der Waals surface area contributed by atoms with Crippen LogP contribution in [-0.2, 0) is 4.79 Å². The standard InChI is InChI=1S/C16H11NO4/c1-10(18)21-12-8-6-11(7-9-12)17-15(19)13-4-2-3-5-14(13)16(17)20/h2-9H,1H3. The van der Waals surface area contributed by atoms with Gasteiger partial charge in [0.05, 0.1) is 16.8 Å². The molecule has 5 heteroatoms. The van der Waals surface area contributed by atoms with Gasteiger partial charge in [-0.25, -0.2) is 4.90 Å². The lowest BCUT2D eigenvalue weighted by atomic mass is 10.1. The van der Waals surface area contributed by atoms with E-state index in [2.05, 4.69) is 0 Å². The number of esters is 1. The van der Waals surface area contributed by atoms with Gasteiger partial charge in [-0.2, -0.15) is 0 Å². The topological polar surface area (TPSA) is 63.7 Å². The van der Waals surface area contributed by atoms with Crippen LogP contribution in [0.5, 0.6) is 5.75 Å². The van der Waals surface area contributed by atoms with Crippen molar-refractivity contribution in [2.75, 3.05) is 4.90 Å². The van der Waals surface area contributed by atoms with Crippen LogP contribution in [0, 0.1) is 0 Å². The summed E-state index contributed by atoms with van der Waals surface area (Å²) in [6.45, 7) is 1.30. The summed E-state index contributed by atoms with van der Waals surface area (Å²) in [6, 6.07) is 12.9. The number of hydrogen-bond acceptors (Lipinski definition) is 4. The zero-order chi connectivity index (χ0) is 15.0. The van der Waals surface area contributed by atoms with Crippen LogP contribution in [-0.4, -0.2) is 17.8 Å². The van der Waals surface area contributed by atoms with Crippen molar-refractivity contribution >= 4 is 23.5 Å². The fraction of sp³-hybridized carbons (Fsp3) is 0.0625. The molecule has 0 saturated heterocycles. The van der Waals surface area contributed by atoms with Crippen LogP contribution in [0.2, 0.25) is 0 Å². The van der Waals surface area contributed by atoms with Gasteiger partial charge in [-0.3, -0.25) is 14.4 Å². The largest absolute Gasteiger partial charge is 0.427 e. The smallest absolute Gasteiger partial charge is 0.308 e. The van der Waals surface area contributed by atoms with Crippen molar-refractivity contribution in [1.82, 2.24) is 0 Å². The highest BCUT2D eigenvalue weighted by molar-refractivity contribution is 6.34. The number of rotatable bonds is 2. The van der Waals surface area contributed by atoms with Crippen molar-refractivity contribution in [3.63, 3.8) is 0 Å². The summed E-state index contributed by atoms with van der Waals surface area (Å²) in [5.74, 6) is -0.766. The lowest BCUT2D eigenvalue weighted by molar-refractivity contribution is -0.131. The Hall–Kier alpha value is -2.95. The molecule has 0 aliphatic carbocycles. The monoisotopic (exact) mass is 281 g/mol. The van der Waals surface area contributed by atoms with Crippen LogP contribution in [0.15, 0.2) is 48.5 Å². The molecule has 0 atom stereocenters.